The summed E-state index contributed by atoms with van der Waals surface area (Å²) in [5.41, 5.74) is 2.18. The van der Waals surface area contributed by atoms with Gasteiger partial charge in [-0.15, -0.1) is 11.3 Å². The van der Waals surface area contributed by atoms with Gasteiger partial charge in [-0.1, -0.05) is 29.8 Å². The summed E-state index contributed by atoms with van der Waals surface area (Å²) >= 11 is 7.11. The van der Waals surface area contributed by atoms with Crippen molar-refractivity contribution >= 4 is 46.0 Å². The molecule has 5 nitrogen and oxygen atoms in total. The maximum Gasteiger partial charge on any atom is 0.309 e. The van der Waals surface area contributed by atoms with Crippen molar-refractivity contribution in [3.8, 4) is 0 Å². The highest BCUT2D eigenvalue weighted by molar-refractivity contribution is 7.15. The van der Waals surface area contributed by atoms with Crippen molar-refractivity contribution in [3.05, 3.63) is 67.5 Å². The molecule has 2 aromatic heterocycles. The van der Waals surface area contributed by atoms with Gasteiger partial charge in [0.1, 0.15) is 0 Å². The summed E-state index contributed by atoms with van der Waals surface area (Å²) in [6.45, 7) is 1.69. The summed E-state index contributed by atoms with van der Waals surface area (Å²) < 4.78 is 1.37. The molecule has 0 aliphatic carbocycles. The maximum atomic E-state index is 12.6. The first-order valence-corrected chi connectivity index (χ1v) is 8.36. The second-order valence-corrected chi connectivity index (χ2v) is 6.50. The van der Waals surface area contributed by atoms with E-state index in [0.29, 0.717) is 26.9 Å². The van der Waals surface area contributed by atoms with Crippen molar-refractivity contribution in [1.29, 1.82) is 0 Å². The smallest absolute Gasteiger partial charge is 0.309 e. The van der Waals surface area contributed by atoms with Crippen LogP contribution in [0.1, 0.15) is 22.5 Å². The van der Waals surface area contributed by atoms with Gasteiger partial charge in [0.15, 0.2) is 4.96 Å². The molecule has 0 aliphatic heterocycles. The van der Waals surface area contributed by atoms with Gasteiger partial charge in [-0.05, 0) is 30.7 Å². The Hall–Kier alpha value is -2.44. The number of hydrogen-bond donors (Lipinski definition) is 1. The third-order valence-corrected chi connectivity index (χ3v) is 4.67. The highest BCUT2D eigenvalue weighted by Crippen LogP contribution is 2.17. The first kappa shape index (κ1) is 16.4. The Balaban J connectivity index is 2.04. The fourth-order valence-electron chi connectivity index (χ4n) is 2.29. The van der Waals surface area contributed by atoms with Gasteiger partial charge in [0, 0.05) is 21.7 Å². The molecule has 3 rings (SSSR count). The molecule has 1 aromatic carbocycles. The van der Waals surface area contributed by atoms with E-state index in [4.69, 9.17) is 16.7 Å². The van der Waals surface area contributed by atoms with E-state index < -0.39 is 5.97 Å². The lowest BCUT2D eigenvalue weighted by Gasteiger charge is -2.03. The van der Waals surface area contributed by atoms with Crippen molar-refractivity contribution in [2.45, 2.75) is 13.3 Å². The number of carboxylic acid groups (broad SMARTS) is 1. The van der Waals surface area contributed by atoms with Crippen molar-refractivity contribution in [1.82, 2.24) is 9.38 Å². The van der Waals surface area contributed by atoms with Gasteiger partial charge in [-0.3, -0.25) is 14.0 Å². The lowest BCUT2D eigenvalue weighted by molar-refractivity contribution is -0.136. The second kappa shape index (κ2) is 6.59. The second-order valence-electron chi connectivity index (χ2n) is 5.23. The SMILES string of the molecule is Cc1c(/C=C/c2ccc(Cl)cc2)nc2scc(CC(=O)O)n2c1=O. The molecule has 0 saturated carbocycles. The van der Waals surface area contributed by atoms with E-state index in [9.17, 15) is 9.59 Å². The molecule has 0 unspecified atom stereocenters. The zero-order valence-corrected chi connectivity index (χ0v) is 14.3. The average Bonchev–Trinajstić information content (AvgIpc) is 2.93. The summed E-state index contributed by atoms with van der Waals surface area (Å²) in [6.07, 6.45) is 3.42. The van der Waals surface area contributed by atoms with Crippen LogP contribution in [-0.4, -0.2) is 20.5 Å². The molecule has 122 valence electrons. The van der Waals surface area contributed by atoms with Crippen molar-refractivity contribution in [2.75, 3.05) is 0 Å². The Bertz CT molecular complexity index is 1000. The topological polar surface area (TPSA) is 71.7 Å². The Morgan fingerprint density at radius 1 is 1.33 bits per heavy atom. The van der Waals surface area contributed by atoms with Crippen molar-refractivity contribution in [2.24, 2.45) is 0 Å². The number of carbonyl (C=O) groups is 1. The zero-order chi connectivity index (χ0) is 17.3. The standard InChI is InChI=1S/C17H13ClN2O3S/c1-10-14(7-4-11-2-5-12(18)6-3-11)19-17-20(16(10)23)13(9-24-17)8-15(21)22/h2-7,9H,8H2,1H3,(H,21,22)/b7-4+. The van der Waals surface area contributed by atoms with E-state index in [2.05, 4.69) is 4.98 Å². The fraction of sp³-hybridized carbons (Fsp3) is 0.118. The lowest BCUT2D eigenvalue weighted by atomic mass is 10.1. The van der Waals surface area contributed by atoms with Crippen LogP contribution in [0.5, 0.6) is 0 Å². The molecule has 0 saturated heterocycles. The summed E-state index contributed by atoms with van der Waals surface area (Å²) in [7, 11) is 0. The molecule has 0 bridgehead atoms. The number of aliphatic carboxylic acids is 1. The van der Waals surface area contributed by atoms with Gasteiger partial charge in [0.25, 0.3) is 5.56 Å². The molecule has 0 radical (unpaired) electrons. The Morgan fingerprint density at radius 3 is 2.71 bits per heavy atom. The maximum absolute atomic E-state index is 12.6. The van der Waals surface area contributed by atoms with Gasteiger partial charge in [-0.2, -0.15) is 0 Å². The van der Waals surface area contributed by atoms with Gasteiger partial charge < -0.3 is 5.11 Å². The molecule has 0 aliphatic rings. The number of nitrogens with zero attached hydrogens (tertiary/aromatic N) is 2. The molecule has 3 aromatic rings. The van der Waals surface area contributed by atoms with Crippen LogP contribution in [-0.2, 0) is 11.2 Å². The zero-order valence-electron chi connectivity index (χ0n) is 12.7. The molecule has 1 N–H and O–H groups in total. The van der Waals surface area contributed by atoms with Crippen LogP contribution in [0.4, 0.5) is 0 Å². The van der Waals surface area contributed by atoms with E-state index in [1.54, 1.807) is 30.5 Å². The van der Waals surface area contributed by atoms with Crippen LogP contribution >= 0.6 is 22.9 Å². The average molecular weight is 361 g/mol. The largest absolute Gasteiger partial charge is 0.481 e. The van der Waals surface area contributed by atoms with Crippen LogP contribution in [0.25, 0.3) is 17.1 Å². The quantitative estimate of drug-likeness (QED) is 0.772. The van der Waals surface area contributed by atoms with E-state index in [1.165, 1.54) is 15.7 Å². The molecule has 7 heteroatoms. The summed E-state index contributed by atoms with van der Waals surface area (Å²) in [5.74, 6) is -0.981. The first-order valence-electron chi connectivity index (χ1n) is 7.11. The van der Waals surface area contributed by atoms with Crippen LogP contribution in [0.3, 0.4) is 0 Å². The van der Waals surface area contributed by atoms with Gasteiger partial charge in [0.2, 0.25) is 0 Å². The Morgan fingerprint density at radius 2 is 2.04 bits per heavy atom. The normalized spacial score (nSPS) is 11.4. The van der Waals surface area contributed by atoms with Crippen LogP contribution in [0.2, 0.25) is 5.02 Å². The van der Waals surface area contributed by atoms with E-state index >= 15 is 0 Å². The number of aromatic nitrogens is 2. The Kier molecular flexibility index (Phi) is 4.51. The van der Waals surface area contributed by atoms with Crippen molar-refractivity contribution in [3.63, 3.8) is 0 Å². The van der Waals surface area contributed by atoms with Crippen LogP contribution in [0.15, 0.2) is 34.4 Å². The minimum absolute atomic E-state index is 0.207. The number of carboxylic acids is 1. The summed E-state index contributed by atoms with van der Waals surface area (Å²) in [6, 6.07) is 7.32. The summed E-state index contributed by atoms with van der Waals surface area (Å²) in [5, 5.41) is 11.3. The number of rotatable bonds is 4. The minimum Gasteiger partial charge on any atom is -0.481 e. The van der Waals surface area contributed by atoms with Gasteiger partial charge >= 0.3 is 5.97 Å². The molecule has 0 fully saturated rings. The summed E-state index contributed by atoms with van der Waals surface area (Å²) in [4.78, 5) is 28.4. The highest BCUT2D eigenvalue weighted by Gasteiger charge is 2.14. The first-order chi connectivity index (χ1) is 11.5. The third-order valence-electron chi connectivity index (χ3n) is 3.54. The van der Waals surface area contributed by atoms with Crippen LogP contribution < -0.4 is 5.56 Å². The lowest BCUT2D eigenvalue weighted by Crippen LogP contribution is -2.21. The van der Waals surface area contributed by atoms with E-state index in [0.717, 1.165) is 5.56 Å². The molecule has 0 amide bonds. The molecule has 24 heavy (non-hydrogen) atoms. The molecule has 2 heterocycles. The number of fused-ring (bicyclic) bond motifs is 1. The minimum atomic E-state index is -0.981. The molecule has 0 atom stereocenters. The molecule has 0 spiro atoms. The highest BCUT2D eigenvalue weighted by atomic mass is 35.5. The number of halogens is 1. The predicted octanol–water partition coefficient (Wildman–Crippen LogP) is 3.52. The van der Waals surface area contributed by atoms with Crippen LogP contribution in [0, 0.1) is 6.92 Å². The monoisotopic (exact) mass is 360 g/mol. The van der Waals surface area contributed by atoms with E-state index in [-0.39, 0.29) is 12.0 Å². The Labute approximate surface area is 146 Å². The molecular weight excluding hydrogens is 348 g/mol. The number of benzene rings is 1. The fourth-order valence-corrected chi connectivity index (χ4v) is 3.31. The van der Waals surface area contributed by atoms with Gasteiger partial charge in [0.05, 0.1) is 12.1 Å². The van der Waals surface area contributed by atoms with E-state index in [1.807, 2.05) is 18.2 Å². The molecular formula is C17H13ClN2O3S. The predicted molar refractivity (Wildman–Crippen MR) is 95.8 cm³/mol. The van der Waals surface area contributed by atoms with Crippen molar-refractivity contribution < 1.29 is 9.90 Å². The number of hydrogen-bond acceptors (Lipinski definition) is 4. The third kappa shape index (κ3) is 3.25. The number of thiazole rings is 1. The van der Waals surface area contributed by atoms with Gasteiger partial charge in [-0.25, -0.2) is 4.98 Å².